The normalized spacial score (nSPS) is 3.33. The summed E-state index contributed by atoms with van der Waals surface area (Å²) in [5.74, 6) is 0. The van der Waals surface area contributed by atoms with Gasteiger partial charge in [0, 0.05) is 0 Å². The van der Waals surface area contributed by atoms with Gasteiger partial charge in [0.1, 0.15) is 0 Å². The van der Waals surface area contributed by atoms with E-state index in [2.05, 4.69) is 38.5 Å². The van der Waals surface area contributed by atoms with Gasteiger partial charge in [-0.3, -0.25) is 0 Å². The first-order chi connectivity index (χ1) is 2.83. The molecule has 0 rings (SSSR count). The molecule has 0 bridgehead atoms. The van der Waals surface area contributed by atoms with Crippen molar-refractivity contribution in [2.24, 2.45) is 0 Å². The minimum absolute atomic E-state index is 0.363. The fraction of sp³-hybridized carbons (Fsp3) is 0. The fourth-order valence-corrected chi connectivity index (χ4v) is 0. The second-order valence-corrected chi connectivity index (χ2v) is 3.87. The van der Waals surface area contributed by atoms with E-state index in [0.717, 1.165) is 0 Å². The number of rotatable bonds is 0. The van der Waals surface area contributed by atoms with Gasteiger partial charge in [-0.05, 0) is 0 Å². The van der Waals surface area contributed by atoms with Crippen molar-refractivity contribution in [1.29, 1.82) is 0 Å². The van der Waals surface area contributed by atoms with Gasteiger partial charge in [0.25, 0.3) is 0 Å². The van der Waals surface area contributed by atoms with Gasteiger partial charge in [-0.25, -0.2) is 0 Å². The van der Waals surface area contributed by atoms with E-state index in [1.807, 2.05) is 0 Å². The first-order valence-corrected chi connectivity index (χ1v) is 6.62. The molecule has 0 heterocycles. The Kier molecular flexibility index (Phi) is 28.5. The first-order valence-electron chi connectivity index (χ1n) is 1.04. The Balaban J connectivity index is 0. The van der Waals surface area contributed by atoms with Crippen molar-refractivity contribution in [1.82, 2.24) is 0 Å². The molecule has 34 valence electrons. The second kappa shape index (κ2) is 17.4. The van der Waals surface area contributed by atoms with Crippen LogP contribution in [0.15, 0.2) is 18.9 Å². The van der Waals surface area contributed by atoms with Crippen molar-refractivity contribution in [3.63, 3.8) is 0 Å². The van der Waals surface area contributed by atoms with E-state index in [-0.39, 0.29) is 14.9 Å². The third-order valence-electron chi connectivity index (χ3n) is 0. The van der Waals surface area contributed by atoms with Crippen molar-refractivity contribution in [2.45, 2.75) is 0 Å². The first kappa shape index (κ1) is 9.82. The molecular weight excluding hydrogens is 196 g/mol. The Bertz CT molecular complexity index is 62.8. The molecule has 0 N–H and O–H groups in total. The zero-order valence-electron chi connectivity index (χ0n) is 3.14. The van der Waals surface area contributed by atoms with E-state index in [9.17, 15) is 0 Å². The average molecular weight is 200 g/mol. The molecule has 0 unspecified atom stereocenters. The summed E-state index contributed by atoms with van der Waals surface area (Å²) in [5.41, 5.74) is 2.25. The van der Waals surface area contributed by atoms with Crippen LogP contribution in [0.4, 0.5) is 0 Å². The Labute approximate surface area is 53.4 Å². The summed E-state index contributed by atoms with van der Waals surface area (Å²) in [6.45, 7) is 6.25. The maximum absolute atomic E-state index is 4.34. The maximum atomic E-state index is 4.34. The molecule has 0 aromatic heterocycles. The van der Waals surface area contributed by atoms with Gasteiger partial charge in [-0.2, -0.15) is 0 Å². The van der Waals surface area contributed by atoms with Gasteiger partial charge in [0.05, 0.1) is 0 Å². The molecule has 0 saturated heterocycles. The standard InChI is InChI=1S/C3H4.Mo.2S/c1-3-2;;;/h1-2H2;;;. The second-order valence-electron chi connectivity index (χ2n) is 0.318. The summed E-state index contributed by atoms with van der Waals surface area (Å²) in [6.07, 6.45) is 0. The van der Waals surface area contributed by atoms with E-state index in [1.54, 1.807) is 0 Å². The van der Waals surface area contributed by atoms with Crippen LogP contribution in [-0.2, 0) is 14.9 Å². The van der Waals surface area contributed by atoms with Crippen molar-refractivity contribution in [2.75, 3.05) is 0 Å². The van der Waals surface area contributed by atoms with Gasteiger partial charge in [0.15, 0.2) is 0 Å². The average Bonchev–Trinajstić information content (AvgIpc) is 1.39. The van der Waals surface area contributed by atoms with Crippen LogP contribution in [0.2, 0.25) is 0 Å². The zero-order valence-corrected chi connectivity index (χ0v) is 6.78. The Morgan fingerprint density at radius 2 is 1.33 bits per heavy atom. The molecule has 0 aromatic rings. The van der Waals surface area contributed by atoms with Gasteiger partial charge in [-0.1, -0.05) is 13.2 Å². The van der Waals surface area contributed by atoms with Gasteiger partial charge >= 0.3 is 34.6 Å². The molecule has 3 heteroatoms. The van der Waals surface area contributed by atoms with Gasteiger partial charge < -0.3 is 0 Å². The van der Waals surface area contributed by atoms with Crippen LogP contribution in [0.25, 0.3) is 0 Å². The number of hydrogen-bond donors (Lipinski definition) is 0. The minimum atomic E-state index is -0.363. The molecule has 0 aliphatic heterocycles. The molecular formula is C3H4MoS2. The topological polar surface area (TPSA) is 0 Å². The third kappa shape index (κ3) is 147. The van der Waals surface area contributed by atoms with Crippen LogP contribution < -0.4 is 0 Å². The molecule has 0 amide bonds. The third-order valence-corrected chi connectivity index (χ3v) is 0. The quantitative estimate of drug-likeness (QED) is 0.434. The molecule has 0 saturated carbocycles. The monoisotopic (exact) mass is 202 g/mol. The molecule has 6 heavy (non-hydrogen) atoms. The summed E-state index contributed by atoms with van der Waals surface area (Å²) in [6, 6.07) is 0. The van der Waals surface area contributed by atoms with E-state index >= 15 is 0 Å². The Morgan fingerprint density at radius 3 is 1.33 bits per heavy atom. The van der Waals surface area contributed by atoms with Crippen LogP contribution in [0.5, 0.6) is 0 Å². The van der Waals surface area contributed by atoms with Crippen molar-refractivity contribution < 1.29 is 14.9 Å². The van der Waals surface area contributed by atoms with E-state index < -0.39 is 0 Å². The number of hydrogen-bond acceptors (Lipinski definition) is 2. The van der Waals surface area contributed by atoms with Crippen LogP contribution in [0.3, 0.4) is 0 Å². The molecule has 0 nitrogen and oxygen atoms in total. The Hall–Kier alpha value is 0.648. The fourth-order valence-electron chi connectivity index (χ4n) is 0. The Morgan fingerprint density at radius 1 is 1.33 bits per heavy atom. The van der Waals surface area contributed by atoms with Crippen LogP contribution >= 0.6 is 19.6 Å². The molecule has 0 aromatic carbocycles. The van der Waals surface area contributed by atoms with Crippen molar-refractivity contribution >= 4 is 19.6 Å². The molecule has 0 aliphatic carbocycles. The van der Waals surface area contributed by atoms with Crippen LogP contribution in [0, 0.1) is 0 Å². The molecule has 0 aliphatic rings. The molecule has 0 spiro atoms. The molecule has 0 radical (unpaired) electrons. The van der Waals surface area contributed by atoms with Crippen LogP contribution in [0.1, 0.15) is 0 Å². The van der Waals surface area contributed by atoms with E-state index in [4.69, 9.17) is 0 Å². The summed E-state index contributed by atoms with van der Waals surface area (Å²) in [5, 5.41) is 0. The predicted molar refractivity (Wildman–Crippen MR) is 29.9 cm³/mol. The molecule has 0 fully saturated rings. The summed E-state index contributed by atoms with van der Waals surface area (Å²) in [7, 11) is 8.68. The van der Waals surface area contributed by atoms with Gasteiger partial charge in [0.2, 0.25) is 0 Å². The SMILES string of the molecule is C=C=C.[S]=[Mo]=[S]. The predicted octanol–water partition coefficient (Wildman–Crippen LogP) is 2.25. The summed E-state index contributed by atoms with van der Waals surface area (Å²) in [4.78, 5) is 0. The summed E-state index contributed by atoms with van der Waals surface area (Å²) < 4.78 is 0. The van der Waals surface area contributed by atoms with E-state index in [1.165, 1.54) is 0 Å². The van der Waals surface area contributed by atoms with Crippen molar-refractivity contribution in [3.05, 3.63) is 18.9 Å². The van der Waals surface area contributed by atoms with Crippen LogP contribution in [-0.4, -0.2) is 0 Å². The molecule has 0 atom stereocenters. The van der Waals surface area contributed by atoms with E-state index in [0.29, 0.717) is 0 Å². The van der Waals surface area contributed by atoms with Gasteiger partial charge in [-0.15, -0.1) is 5.73 Å². The summed E-state index contributed by atoms with van der Waals surface area (Å²) >= 11 is -0.363. The van der Waals surface area contributed by atoms with Crippen molar-refractivity contribution in [3.8, 4) is 0 Å². The zero-order chi connectivity index (χ0) is 5.41.